The van der Waals surface area contributed by atoms with Crippen LogP contribution in [0.2, 0.25) is 5.02 Å². The Morgan fingerprint density at radius 3 is 2.57 bits per heavy atom. The van der Waals surface area contributed by atoms with Crippen LogP contribution in [0.3, 0.4) is 0 Å². The topological polar surface area (TPSA) is 48.1 Å². The molecule has 2 N–H and O–H groups in total. The Labute approximate surface area is 212 Å². The van der Waals surface area contributed by atoms with Crippen molar-refractivity contribution in [3.8, 4) is 0 Å². The number of rotatable bonds is 6. The molecule has 35 heavy (non-hydrogen) atoms. The van der Waals surface area contributed by atoms with E-state index in [1.165, 1.54) is 34.9 Å². The van der Waals surface area contributed by atoms with E-state index in [-0.39, 0.29) is 5.91 Å². The fraction of sp³-hybridized carbons (Fsp3) is 0.300. The average Bonchev–Trinajstić information content (AvgIpc) is 3.28. The number of aromatic amines is 1. The van der Waals surface area contributed by atoms with Crippen LogP contribution in [0.15, 0.2) is 66.9 Å². The highest BCUT2D eigenvalue weighted by atomic mass is 35.5. The van der Waals surface area contributed by atoms with E-state index in [1.54, 1.807) is 0 Å². The molecule has 2 heterocycles. The monoisotopic (exact) mass is 485 g/mol. The number of halogens is 1. The Bertz CT molecular complexity index is 1330. The number of piperidine rings is 1. The van der Waals surface area contributed by atoms with Crippen molar-refractivity contribution in [3.05, 3.63) is 99.7 Å². The fourth-order valence-corrected chi connectivity index (χ4v) is 5.30. The molecule has 0 aliphatic carbocycles. The van der Waals surface area contributed by atoms with Crippen molar-refractivity contribution in [2.75, 3.05) is 25.0 Å². The van der Waals surface area contributed by atoms with Gasteiger partial charge < -0.3 is 15.2 Å². The molecule has 0 saturated carbocycles. The van der Waals surface area contributed by atoms with Gasteiger partial charge in [-0.3, -0.25) is 4.79 Å². The number of fused-ring (bicyclic) bond motifs is 1. The van der Waals surface area contributed by atoms with Crippen LogP contribution in [0.1, 0.15) is 51.4 Å². The number of H-pyrrole nitrogens is 1. The Kier molecular flexibility index (Phi) is 6.94. The molecule has 1 fully saturated rings. The van der Waals surface area contributed by atoms with E-state index >= 15 is 0 Å². The SMILES string of the molecule is Cc1ccc(C(=O)Nc2ccc(C)c(CCN3CCC(c4c[nH]c5cc(Cl)ccc45)CC3)c2)cc1. The molecule has 3 aromatic carbocycles. The van der Waals surface area contributed by atoms with E-state index < -0.39 is 0 Å². The molecular formula is C30H32ClN3O. The van der Waals surface area contributed by atoms with Gasteiger partial charge in [0.2, 0.25) is 0 Å². The molecule has 1 saturated heterocycles. The number of nitrogens with zero attached hydrogens (tertiary/aromatic N) is 1. The zero-order valence-corrected chi connectivity index (χ0v) is 21.2. The van der Waals surface area contributed by atoms with Crippen LogP contribution in [0, 0.1) is 13.8 Å². The van der Waals surface area contributed by atoms with Crippen LogP contribution in [-0.2, 0) is 6.42 Å². The molecule has 1 aliphatic rings. The molecule has 0 bridgehead atoms. The van der Waals surface area contributed by atoms with Crippen molar-refractivity contribution < 1.29 is 4.79 Å². The molecule has 1 amide bonds. The molecular weight excluding hydrogens is 454 g/mol. The lowest BCUT2D eigenvalue weighted by Gasteiger charge is -2.32. The number of likely N-dealkylation sites (tertiary alicyclic amines) is 1. The number of benzene rings is 3. The quantitative estimate of drug-likeness (QED) is 0.305. The lowest BCUT2D eigenvalue weighted by Crippen LogP contribution is -2.34. The Morgan fingerprint density at radius 1 is 1.03 bits per heavy atom. The highest BCUT2D eigenvalue weighted by Gasteiger charge is 2.23. The summed E-state index contributed by atoms with van der Waals surface area (Å²) in [6.45, 7) is 7.42. The summed E-state index contributed by atoms with van der Waals surface area (Å²) in [6, 6.07) is 20.0. The van der Waals surface area contributed by atoms with Crippen molar-refractivity contribution in [2.24, 2.45) is 0 Å². The number of anilines is 1. The highest BCUT2D eigenvalue weighted by molar-refractivity contribution is 6.31. The van der Waals surface area contributed by atoms with E-state index in [2.05, 4.69) is 46.5 Å². The van der Waals surface area contributed by atoms with E-state index in [1.807, 2.05) is 49.4 Å². The summed E-state index contributed by atoms with van der Waals surface area (Å²) in [4.78, 5) is 18.6. The Balaban J connectivity index is 1.17. The number of carbonyl (C=O) groups is 1. The van der Waals surface area contributed by atoms with Gasteiger partial charge in [0.25, 0.3) is 5.91 Å². The maximum absolute atomic E-state index is 12.6. The summed E-state index contributed by atoms with van der Waals surface area (Å²) in [5.41, 5.74) is 7.79. The number of nitrogens with one attached hydrogen (secondary N) is 2. The van der Waals surface area contributed by atoms with Gasteiger partial charge in [-0.05, 0) is 105 Å². The minimum Gasteiger partial charge on any atom is -0.361 e. The normalized spacial score (nSPS) is 14.9. The van der Waals surface area contributed by atoms with Gasteiger partial charge in [-0.25, -0.2) is 0 Å². The lowest BCUT2D eigenvalue weighted by atomic mass is 9.89. The predicted octanol–water partition coefficient (Wildman–Crippen LogP) is 7.11. The fourth-order valence-electron chi connectivity index (χ4n) is 5.13. The van der Waals surface area contributed by atoms with Crippen molar-refractivity contribution in [3.63, 3.8) is 0 Å². The summed E-state index contributed by atoms with van der Waals surface area (Å²) in [5.74, 6) is 0.518. The minimum absolute atomic E-state index is 0.0681. The van der Waals surface area contributed by atoms with Gasteiger partial charge in [0.1, 0.15) is 0 Å². The molecule has 0 spiro atoms. The predicted molar refractivity (Wildman–Crippen MR) is 146 cm³/mol. The molecule has 4 aromatic rings. The number of aryl methyl sites for hydroxylation is 2. The van der Waals surface area contributed by atoms with E-state index in [9.17, 15) is 4.79 Å². The first-order valence-electron chi connectivity index (χ1n) is 12.4. The van der Waals surface area contributed by atoms with E-state index in [0.29, 0.717) is 11.5 Å². The van der Waals surface area contributed by atoms with Crippen molar-refractivity contribution in [2.45, 2.75) is 39.0 Å². The molecule has 0 atom stereocenters. The second-order valence-electron chi connectivity index (χ2n) is 9.76. The number of hydrogen-bond donors (Lipinski definition) is 2. The first-order chi connectivity index (χ1) is 17.0. The summed E-state index contributed by atoms with van der Waals surface area (Å²) in [7, 11) is 0. The first kappa shape index (κ1) is 23.7. The van der Waals surface area contributed by atoms with Gasteiger partial charge >= 0.3 is 0 Å². The first-order valence-corrected chi connectivity index (χ1v) is 12.8. The average molecular weight is 486 g/mol. The maximum atomic E-state index is 12.6. The van der Waals surface area contributed by atoms with Crippen molar-refractivity contribution in [1.82, 2.24) is 9.88 Å². The van der Waals surface area contributed by atoms with Crippen LogP contribution < -0.4 is 5.32 Å². The second kappa shape index (κ2) is 10.3. The number of amides is 1. The van der Waals surface area contributed by atoms with Gasteiger partial charge in [-0.1, -0.05) is 41.4 Å². The third-order valence-corrected chi connectivity index (χ3v) is 7.56. The number of aromatic nitrogens is 1. The molecule has 5 heteroatoms. The molecule has 180 valence electrons. The minimum atomic E-state index is -0.0681. The van der Waals surface area contributed by atoms with Crippen molar-refractivity contribution in [1.29, 1.82) is 0 Å². The molecule has 0 unspecified atom stereocenters. The summed E-state index contributed by atoms with van der Waals surface area (Å²) in [5, 5.41) is 5.13. The van der Waals surface area contributed by atoms with Gasteiger partial charge in [0.15, 0.2) is 0 Å². The summed E-state index contributed by atoms with van der Waals surface area (Å²) in [6.07, 6.45) is 5.49. The molecule has 4 nitrogen and oxygen atoms in total. The highest BCUT2D eigenvalue weighted by Crippen LogP contribution is 2.34. The van der Waals surface area contributed by atoms with Gasteiger partial charge in [0.05, 0.1) is 0 Å². The standard InChI is InChI=1S/C30H32ClN3O/c1-20-3-6-23(7-4-20)30(35)33-26-9-5-21(2)24(17-26)13-16-34-14-11-22(12-15-34)28-19-32-29-18-25(31)8-10-27(28)29/h3-10,17-19,22,32H,11-16H2,1-2H3,(H,33,35). The lowest BCUT2D eigenvalue weighted by molar-refractivity contribution is 0.102. The molecule has 1 aromatic heterocycles. The van der Waals surface area contributed by atoms with Crippen LogP contribution in [0.4, 0.5) is 5.69 Å². The Hall–Kier alpha value is -3.08. The van der Waals surface area contributed by atoms with Gasteiger partial charge in [-0.15, -0.1) is 0 Å². The maximum Gasteiger partial charge on any atom is 0.255 e. The van der Waals surface area contributed by atoms with Crippen LogP contribution in [0.5, 0.6) is 0 Å². The third kappa shape index (κ3) is 5.44. The van der Waals surface area contributed by atoms with Crippen molar-refractivity contribution >= 4 is 34.1 Å². The van der Waals surface area contributed by atoms with Crippen LogP contribution in [-0.4, -0.2) is 35.4 Å². The van der Waals surface area contributed by atoms with E-state index in [0.717, 1.165) is 47.8 Å². The largest absolute Gasteiger partial charge is 0.361 e. The number of hydrogen-bond acceptors (Lipinski definition) is 2. The van der Waals surface area contributed by atoms with E-state index in [4.69, 9.17) is 11.6 Å². The number of carbonyl (C=O) groups excluding carboxylic acids is 1. The molecule has 1 aliphatic heterocycles. The molecule has 0 radical (unpaired) electrons. The third-order valence-electron chi connectivity index (χ3n) is 7.32. The zero-order valence-electron chi connectivity index (χ0n) is 20.4. The summed E-state index contributed by atoms with van der Waals surface area (Å²) >= 11 is 6.15. The van der Waals surface area contributed by atoms with Gasteiger partial charge in [0, 0.05) is 39.9 Å². The zero-order chi connectivity index (χ0) is 24.4. The second-order valence-corrected chi connectivity index (χ2v) is 10.2. The summed E-state index contributed by atoms with van der Waals surface area (Å²) < 4.78 is 0. The molecule has 5 rings (SSSR count). The van der Waals surface area contributed by atoms with Gasteiger partial charge in [-0.2, -0.15) is 0 Å². The smallest absolute Gasteiger partial charge is 0.255 e. The van der Waals surface area contributed by atoms with Crippen LogP contribution in [0.25, 0.3) is 10.9 Å². The Morgan fingerprint density at radius 2 is 1.80 bits per heavy atom. The van der Waals surface area contributed by atoms with Crippen LogP contribution >= 0.6 is 11.6 Å².